The number of aromatic nitrogens is 3. The van der Waals surface area contributed by atoms with Gasteiger partial charge in [-0.1, -0.05) is 50.3 Å². The molecular weight excluding hydrogens is 402 g/mol. The molecule has 0 saturated carbocycles. The first-order chi connectivity index (χ1) is 15.4. The lowest BCUT2D eigenvalue weighted by atomic mass is 9.75. The highest BCUT2D eigenvalue weighted by Gasteiger charge is 2.44. The molecule has 4 unspecified atom stereocenters. The maximum Gasteiger partial charge on any atom is 0.227 e. The average Bonchev–Trinajstić information content (AvgIpc) is 3.27. The molecule has 6 rings (SSSR count). The van der Waals surface area contributed by atoms with Crippen molar-refractivity contribution in [1.82, 2.24) is 24.8 Å². The maximum absolute atomic E-state index is 13.1. The Hall–Kier alpha value is -2.25. The zero-order chi connectivity index (χ0) is 22.3. The van der Waals surface area contributed by atoms with Crippen LogP contribution in [0.5, 0.6) is 0 Å². The van der Waals surface area contributed by atoms with Gasteiger partial charge in [0.1, 0.15) is 5.69 Å². The highest BCUT2D eigenvalue weighted by molar-refractivity contribution is 5.79. The fourth-order valence-electron chi connectivity index (χ4n) is 5.50. The number of rotatable bonds is 4. The molecule has 1 aromatic heterocycles. The number of hydrogen-bond acceptors (Lipinski definition) is 5. The van der Waals surface area contributed by atoms with E-state index in [1.165, 1.54) is 5.56 Å². The van der Waals surface area contributed by atoms with Crippen molar-refractivity contribution in [3.63, 3.8) is 0 Å². The van der Waals surface area contributed by atoms with Gasteiger partial charge in [0.2, 0.25) is 5.91 Å². The number of nitrogens with zero attached hydrogens (tertiary/aromatic N) is 5. The second-order valence-corrected chi connectivity index (χ2v) is 10.6. The molecule has 7 heteroatoms. The molecule has 2 bridgehead atoms. The number of carbonyl (C=O) groups excluding carboxylic acids is 1. The molecule has 5 heterocycles. The first kappa shape index (κ1) is 21.6. The highest BCUT2D eigenvalue weighted by Crippen LogP contribution is 2.38. The van der Waals surface area contributed by atoms with Crippen LogP contribution in [0.3, 0.4) is 0 Å². The van der Waals surface area contributed by atoms with Crippen LogP contribution < -0.4 is 0 Å². The zero-order valence-electron chi connectivity index (χ0n) is 19.5. The SMILES string of the molecule is CC(C)(C)c1ccc(-c2cn(CC3CC4CCN3CC4C(=O)N3CCOCC3)nn2)cc1. The Morgan fingerprint density at radius 2 is 1.88 bits per heavy atom. The van der Waals surface area contributed by atoms with E-state index in [1.54, 1.807) is 0 Å². The van der Waals surface area contributed by atoms with Crippen molar-refractivity contribution in [2.75, 3.05) is 39.4 Å². The Bertz CT molecular complexity index is 942. The van der Waals surface area contributed by atoms with Gasteiger partial charge in [-0.15, -0.1) is 5.10 Å². The smallest absolute Gasteiger partial charge is 0.227 e. The summed E-state index contributed by atoms with van der Waals surface area (Å²) in [4.78, 5) is 17.6. The van der Waals surface area contributed by atoms with Crippen LogP contribution in [0.2, 0.25) is 0 Å². The highest BCUT2D eigenvalue weighted by atomic mass is 16.5. The van der Waals surface area contributed by atoms with E-state index < -0.39 is 0 Å². The Labute approximate surface area is 190 Å². The molecule has 32 heavy (non-hydrogen) atoms. The van der Waals surface area contributed by atoms with E-state index in [9.17, 15) is 4.79 Å². The van der Waals surface area contributed by atoms with Gasteiger partial charge in [0.15, 0.2) is 0 Å². The van der Waals surface area contributed by atoms with E-state index in [1.807, 2.05) is 9.58 Å². The molecule has 4 aliphatic rings. The second kappa shape index (κ2) is 8.60. The van der Waals surface area contributed by atoms with E-state index in [2.05, 4.69) is 66.4 Å². The molecule has 0 aliphatic carbocycles. The third kappa shape index (κ3) is 4.33. The number of amides is 1. The maximum atomic E-state index is 13.1. The fraction of sp³-hybridized carbons (Fsp3) is 0.640. The molecule has 2 aromatic rings. The molecule has 0 spiro atoms. The van der Waals surface area contributed by atoms with Gasteiger partial charge in [0.25, 0.3) is 0 Å². The van der Waals surface area contributed by atoms with Crippen molar-refractivity contribution in [3.8, 4) is 11.3 Å². The molecule has 4 aliphatic heterocycles. The van der Waals surface area contributed by atoms with Gasteiger partial charge < -0.3 is 9.64 Å². The lowest BCUT2D eigenvalue weighted by molar-refractivity contribution is -0.148. The van der Waals surface area contributed by atoms with E-state index in [4.69, 9.17) is 4.74 Å². The van der Waals surface area contributed by atoms with Gasteiger partial charge in [0, 0.05) is 31.2 Å². The minimum Gasteiger partial charge on any atom is -0.378 e. The summed E-state index contributed by atoms with van der Waals surface area (Å²) in [5, 5.41) is 8.85. The Morgan fingerprint density at radius 3 is 2.53 bits per heavy atom. The van der Waals surface area contributed by atoms with Crippen LogP contribution in [0.15, 0.2) is 30.5 Å². The third-order valence-corrected chi connectivity index (χ3v) is 7.50. The summed E-state index contributed by atoms with van der Waals surface area (Å²) in [5.74, 6) is 0.960. The summed E-state index contributed by atoms with van der Waals surface area (Å²) in [6.45, 7) is 12.3. The van der Waals surface area contributed by atoms with Crippen molar-refractivity contribution < 1.29 is 9.53 Å². The predicted molar refractivity (Wildman–Crippen MR) is 123 cm³/mol. The molecular formula is C25H35N5O2. The van der Waals surface area contributed by atoms with Crippen molar-refractivity contribution in [3.05, 3.63) is 36.0 Å². The first-order valence-electron chi connectivity index (χ1n) is 12.0. The van der Waals surface area contributed by atoms with Crippen molar-refractivity contribution in [1.29, 1.82) is 0 Å². The van der Waals surface area contributed by atoms with Gasteiger partial charge in [0.05, 0.1) is 31.9 Å². The summed E-state index contributed by atoms with van der Waals surface area (Å²) in [6, 6.07) is 9.09. The lowest BCUT2D eigenvalue weighted by Crippen LogP contribution is -2.59. The number of fused-ring (bicyclic) bond motifs is 3. The Kier molecular flexibility index (Phi) is 5.80. The molecule has 0 radical (unpaired) electrons. The van der Waals surface area contributed by atoms with Crippen molar-refractivity contribution >= 4 is 5.91 Å². The number of hydrogen-bond donors (Lipinski definition) is 0. The van der Waals surface area contributed by atoms with Crippen LogP contribution in [0, 0.1) is 11.8 Å². The van der Waals surface area contributed by atoms with Crippen LogP contribution in [-0.4, -0.2) is 76.1 Å². The number of morpholine rings is 1. The van der Waals surface area contributed by atoms with Crippen LogP contribution in [-0.2, 0) is 21.5 Å². The fourth-order valence-corrected chi connectivity index (χ4v) is 5.50. The lowest BCUT2D eigenvalue weighted by Gasteiger charge is -2.50. The molecule has 1 amide bonds. The van der Waals surface area contributed by atoms with Gasteiger partial charge in [-0.25, -0.2) is 0 Å². The Morgan fingerprint density at radius 1 is 1.12 bits per heavy atom. The molecule has 1 aromatic carbocycles. The summed E-state index contributed by atoms with van der Waals surface area (Å²) in [7, 11) is 0. The van der Waals surface area contributed by atoms with Gasteiger partial charge >= 0.3 is 0 Å². The minimum atomic E-state index is 0.144. The first-order valence-corrected chi connectivity index (χ1v) is 12.0. The molecule has 0 N–H and O–H groups in total. The summed E-state index contributed by atoms with van der Waals surface area (Å²) in [5.41, 5.74) is 3.49. The monoisotopic (exact) mass is 437 g/mol. The van der Waals surface area contributed by atoms with Crippen LogP contribution in [0.25, 0.3) is 11.3 Å². The van der Waals surface area contributed by atoms with Gasteiger partial charge in [-0.2, -0.15) is 0 Å². The second-order valence-electron chi connectivity index (χ2n) is 10.6. The van der Waals surface area contributed by atoms with Gasteiger partial charge in [-0.05, 0) is 36.3 Å². The summed E-state index contributed by atoms with van der Waals surface area (Å²) >= 11 is 0. The number of piperidine rings is 3. The standard InChI is InChI=1S/C25H35N5O2/c1-25(2,3)20-6-4-18(5-7-20)23-17-30(27-26-23)15-21-14-19-8-9-29(21)16-22(19)24(31)28-10-12-32-13-11-28/h4-7,17,19,21-22H,8-16H2,1-3H3. The summed E-state index contributed by atoms with van der Waals surface area (Å²) < 4.78 is 7.40. The molecule has 4 atom stereocenters. The van der Waals surface area contributed by atoms with Crippen LogP contribution >= 0.6 is 0 Å². The molecule has 4 saturated heterocycles. The molecule has 172 valence electrons. The molecule has 7 nitrogen and oxygen atoms in total. The quantitative estimate of drug-likeness (QED) is 0.736. The normalized spacial score (nSPS) is 28.2. The van der Waals surface area contributed by atoms with Crippen molar-refractivity contribution in [2.24, 2.45) is 11.8 Å². The van der Waals surface area contributed by atoms with E-state index in [0.717, 1.165) is 56.8 Å². The minimum absolute atomic E-state index is 0.144. The van der Waals surface area contributed by atoms with Crippen LogP contribution in [0.4, 0.5) is 0 Å². The van der Waals surface area contributed by atoms with Crippen molar-refractivity contribution in [2.45, 2.75) is 51.6 Å². The average molecular weight is 438 g/mol. The van der Waals surface area contributed by atoms with E-state index >= 15 is 0 Å². The number of ether oxygens (including phenoxy) is 1. The topological polar surface area (TPSA) is 63.5 Å². The van der Waals surface area contributed by atoms with Gasteiger partial charge in [-0.3, -0.25) is 14.4 Å². The summed E-state index contributed by atoms with van der Waals surface area (Å²) in [6.07, 6.45) is 4.25. The zero-order valence-corrected chi connectivity index (χ0v) is 19.5. The Balaban J connectivity index is 1.22. The number of benzene rings is 1. The third-order valence-electron chi connectivity index (χ3n) is 7.50. The van der Waals surface area contributed by atoms with E-state index in [-0.39, 0.29) is 11.3 Å². The van der Waals surface area contributed by atoms with Crippen LogP contribution in [0.1, 0.15) is 39.2 Å². The number of carbonyl (C=O) groups is 1. The predicted octanol–water partition coefficient (Wildman–Crippen LogP) is 2.81. The molecule has 4 fully saturated rings. The van der Waals surface area contributed by atoms with E-state index in [0.29, 0.717) is 31.1 Å². The largest absolute Gasteiger partial charge is 0.378 e.